The van der Waals surface area contributed by atoms with Crippen LogP contribution in [-0.2, 0) is 14.4 Å². The van der Waals surface area contributed by atoms with Gasteiger partial charge in [-0.3, -0.25) is 9.59 Å². The highest BCUT2D eigenvalue weighted by Crippen LogP contribution is 2.40. The standard InChI is InChI=1S/C16H19N3O4S/c1-8-7-24-15-11(14(21)19(15)12(8)16(22)23)18-13(20)10(17)9-5-3-2-4-6-9/h2-6,8,10-12,15H,7,17H2,1H3,(H,18,20)(H,22,23)/t8?,10-,11-,12?,15-/m1/s1. The molecule has 0 spiro atoms. The normalized spacial score (nSPS) is 30.1. The molecule has 8 heteroatoms. The monoisotopic (exact) mass is 349 g/mol. The van der Waals surface area contributed by atoms with E-state index < -0.39 is 30.0 Å². The van der Waals surface area contributed by atoms with E-state index in [1.807, 2.05) is 13.0 Å². The maximum absolute atomic E-state index is 12.3. The van der Waals surface area contributed by atoms with Crippen molar-refractivity contribution in [3.63, 3.8) is 0 Å². The molecule has 0 saturated carbocycles. The largest absolute Gasteiger partial charge is 0.480 e. The Balaban J connectivity index is 1.68. The van der Waals surface area contributed by atoms with Crippen molar-refractivity contribution in [2.45, 2.75) is 30.4 Å². The predicted molar refractivity (Wildman–Crippen MR) is 89.0 cm³/mol. The predicted octanol–water partition coefficient (Wildman–Crippen LogP) is 0.176. The van der Waals surface area contributed by atoms with Crippen molar-refractivity contribution in [2.75, 3.05) is 5.75 Å². The SMILES string of the molecule is CC1CS[C@@H]2[C@H](NC(=O)[C@H](N)c3ccccc3)C(=O)N2C1C(=O)O. The first-order valence-corrected chi connectivity index (χ1v) is 8.74. The van der Waals surface area contributed by atoms with E-state index >= 15 is 0 Å². The Morgan fingerprint density at radius 1 is 1.38 bits per heavy atom. The van der Waals surface area contributed by atoms with Gasteiger partial charge < -0.3 is 21.1 Å². The minimum atomic E-state index is -1.01. The molecule has 2 fully saturated rings. The maximum atomic E-state index is 12.3. The minimum absolute atomic E-state index is 0.129. The number of benzene rings is 1. The van der Waals surface area contributed by atoms with Crippen molar-refractivity contribution in [1.29, 1.82) is 0 Å². The summed E-state index contributed by atoms with van der Waals surface area (Å²) in [7, 11) is 0. The summed E-state index contributed by atoms with van der Waals surface area (Å²) in [5.41, 5.74) is 6.60. The molecule has 5 atom stereocenters. The van der Waals surface area contributed by atoms with Crippen molar-refractivity contribution >= 4 is 29.5 Å². The summed E-state index contributed by atoms with van der Waals surface area (Å²) in [6.45, 7) is 1.81. The first-order valence-electron chi connectivity index (χ1n) is 7.69. The quantitative estimate of drug-likeness (QED) is 0.668. The summed E-state index contributed by atoms with van der Waals surface area (Å²) in [4.78, 5) is 37.4. The lowest BCUT2D eigenvalue weighted by molar-refractivity contribution is -0.164. The van der Waals surface area contributed by atoms with Crippen molar-refractivity contribution in [2.24, 2.45) is 11.7 Å². The highest BCUT2D eigenvalue weighted by molar-refractivity contribution is 8.00. The van der Waals surface area contributed by atoms with E-state index in [1.165, 1.54) is 16.7 Å². The molecule has 0 radical (unpaired) electrons. The Morgan fingerprint density at radius 3 is 2.67 bits per heavy atom. The summed E-state index contributed by atoms with van der Waals surface area (Å²) in [6, 6.07) is 6.48. The number of carboxylic acid groups (broad SMARTS) is 1. The third-order valence-electron chi connectivity index (χ3n) is 4.44. The number of nitrogens with zero attached hydrogens (tertiary/aromatic N) is 1. The van der Waals surface area contributed by atoms with Crippen LogP contribution in [0.5, 0.6) is 0 Å². The molecule has 2 aliphatic heterocycles. The number of thioether (sulfide) groups is 1. The van der Waals surface area contributed by atoms with Gasteiger partial charge in [0.15, 0.2) is 0 Å². The molecule has 2 aliphatic rings. The van der Waals surface area contributed by atoms with Crippen LogP contribution in [0.15, 0.2) is 30.3 Å². The van der Waals surface area contributed by atoms with E-state index in [4.69, 9.17) is 5.73 Å². The average molecular weight is 349 g/mol. The van der Waals surface area contributed by atoms with Crippen molar-refractivity contribution in [1.82, 2.24) is 10.2 Å². The molecule has 4 N–H and O–H groups in total. The fraction of sp³-hybridized carbons (Fsp3) is 0.438. The molecule has 2 heterocycles. The molecule has 1 aromatic rings. The number of carboxylic acids is 1. The maximum Gasteiger partial charge on any atom is 0.326 e. The number of carbonyl (C=O) groups is 3. The summed E-state index contributed by atoms with van der Waals surface area (Å²) in [5, 5.41) is 11.7. The van der Waals surface area contributed by atoms with Gasteiger partial charge >= 0.3 is 5.97 Å². The van der Waals surface area contributed by atoms with Gasteiger partial charge in [0, 0.05) is 5.75 Å². The number of aliphatic carboxylic acids is 1. The molecule has 0 bridgehead atoms. The van der Waals surface area contributed by atoms with Crippen LogP contribution in [0.1, 0.15) is 18.5 Å². The molecule has 24 heavy (non-hydrogen) atoms. The van der Waals surface area contributed by atoms with Crippen LogP contribution in [0.2, 0.25) is 0 Å². The van der Waals surface area contributed by atoms with Crippen LogP contribution in [0.3, 0.4) is 0 Å². The molecule has 128 valence electrons. The number of nitrogens with one attached hydrogen (secondary N) is 1. The Bertz CT molecular complexity index is 669. The second kappa shape index (κ2) is 6.45. The second-order valence-corrected chi connectivity index (χ2v) is 7.25. The van der Waals surface area contributed by atoms with E-state index in [1.54, 1.807) is 24.3 Å². The van der Waals surface area contributed by atoms with Gasteiger partial charge in [-0.05, 0) is 11.5 Å². The average Bonchev–Trinajstić information content (AvgIpc) is 2.59. The smallest absolute Gasteiger partial charge is 0.326 e. The number of amides is 2. The molecular weight excluding hydrogens is 330 g/mol. The lowest BCUT2D eigenvalue weighted by Crippen LogP contribution is -2.75. The zero-order valence-corrected chi connectivity index (χ0v) is 13.9. The fourth-order valence-corrected chi connectivity index (χ4v) is 4.58. The van der Waals surface area contributed by atoms with E-state index in [-0.39, 0.29) is 17.2 Å². The third kappa shape index (κ3) is 2.76. The van der Waals surface area contributed by atoms with Gasteiger partial charge in [-0.2, -0.15) is 0 Å². The molecule has 2 amide bonds. The molecule has 0 aliphatic carbocycles. The first-order chi connectivity index (χ1) is 11.4. The van der Waals surface area contributed by atoms with Crippen LogP contribution < -0.4 is 11.1 Å². The van der Waals surface area contributed by atoms with Crippen LogP contribution >= 0.6 is 11.8 Å². The molecule has 3 rings (SSSR count). The highest BCUT2D eigenvalue weighted by Gasteiger charge is 2.57. The van der Waals surface area contributed by atoms with Crippen molar-refractivity contribution in [3.05, 3.63) is 35.9 Å². The van der Waals surface area contributed by atoms with Crippen LogP contribution in [0, 0.1) is 5.92 Å². The first kappa shape index (κ1) is 16.8. The van der Waals surface area contributed by atoms with Gasteiger partial charge in [0.2, 0.25) is 11.8 Å². The fourth-order valence-electron chi connectivity index (χ4n) is 3.12. The summed E-state index contributed by atoms with van der Waals surface area (Å²) >= 11 is 1.49. The van der Waals surface area contributed by atoms with Gasteiger partial charge in [0.25, 0.3) is 0 Å². The lowest BCUT2D eigenvalue weighted by atomic mass is 9.94. The number of hydrogen-bond acceptors (Lipinski definition) is 5. The van der Waals surface area contributed by atoms with E-state index in [0.717, 1.165) is 0 Å². The lowest BCUT2D eigenvalue weighted by Gasteiger charge is -2.53. The molecule has 7 nitrogen and oxygen atoms in total. The topological polar surface area (TPSA) is 113 Å². The Hall–Kier alpha value is -2.06. The number of β-lactam (4-membered cyclic amide) rings is 1. The number of nitrogens with two attached hydrogens (primary N) is 1. The molecule has 2 saturated heterocycles. The molecule has 0 aromatic heterocycles. The van der Waals surface area contributed by atoms with Crippen LogP contribution in [0.25, 0.3) is 0 Å². The van der Waals surface area contributed by atoms with E-state index in [9.17, 15) is 19.5 Å². The molecular formula is C16H19N3O4S. The Kier molecular flexibility index (Phi) is 4.51. The van der Waals surface area contributed by atoms with Crippen LogP contribution in [0.4, 0.5) is 0 Å². The van der Waals surface area contributed by atoms with E-state index in [2.05, 4.69) is 5.32 Å². The van der Waals surface area contributed by atoms with Crippen molar-refractivity contribution in [3.8, 4) is 0 Å². The molecule has 2 unspecified atom stereocenters. The third-order valence-corrected chi connectivity index (χ3v) is 6.00. The number of hydrogen-bond donors (Lipinski definition) is 3. The van der Waals surface area contributed by atoms with Crippen LogP contribution in [-0.4, -0.2) is 51.0 Å². The zero-order chi connectivity index (χ0) is 17.4. The minimum Gasteiger partial charge on any atom is -0.480 e. The Morgan fingerprint density at radius 2 is 2.04 bits per heavy atom. The summed E-state index contributed by atoms with van der Waals surface area (Å²) < 4.78 is 0. The molecule has 1 aromatic carbocycles. The number of carbonyl (C=O) groups excluding carboxylic acids is 2. The Labute approximate surface area is 143 Å². The van der Waals surface area contributed by atoms with Gasteiger partial charge in [0.1, 0.15) is 23.5 Å². The number of fused-ring (bicyclic) bond motifs is 1. The number of rotatable bonds is 4. The summed E-state index contributed by atoms with van der Waals surface area (Å²) in [6.07, 6.45) is 0. The zero-order valence-electron chi connectivity index (χ0n) is 13.1. The van der Waals surface area contributed by atoms with Gasteiger partial charge in [0.05, 0.1) is 0 Å². The second-order valence-electron chi connectivity index (χ2n) is 6.10. The van der Waals surface area contributed by atoms with E-state index in [0.29, 0.717) is 11.3 Å². The van der Waals surface area contributed by atoms with Gasteiger partial charge in [-0.25, -0.2) is 4.79 Å². The highest BCUT2D eigenvalue weighted by atomic mass is 32.2. The van der Waals surface area contributed by atoms with Crippen molar-refractivity contribution < 1.29 is 19.5 Å². The van der Waals surface area contributed by atoms with Gasteiger partial charge in [-0.15, -0.1) is 11.8 Å². The van der Waals surface area contributed by atoms with Gasteiger partial charge in [-0.1, -0.05) is 37.3 Å². The summed E-state index contributed by atoms with van der Waals surface area (Å²) in [5.74, 6) is -1.31.